The Kier molecular flexibility index (Phi) is 2.95. The highest BCUT2D eigenvalue weighted by Crippen LogP contribution is 2.26. The van der Waals surface area contributed by atoms with Gasteiger partial charge in [0.1, 0.15) is 6.07 Å². The number of aryl methyl sites for hydroxylation is 1. The summed E-state index contributed by atoms with van der Waals surface area (Å²) < 4.78 is 2.07. The fraction of sp³-hybridized carbons (Fsp3) is 0.214. The summed E-state index contributed by atoms with van der Waals surface area (Å²) in [6, 6.07) is 9.92. The predicted octanol–water partition coefficient (Wildman–Crippen LogP) is 3.93. The molecule has 0 aliphatic heterocycles. The molecule has 2 rings (SSSR count). The van der Waals surface area contributed by atoms with E-state index in [9.17, 15) is 0 Å². The van der Waals surface area contributed by atoms with E-state index in [1.165, 1.54) is 0 Å². The zero-order chi connectivity index (χ0) is 12.6. The van der Waals surface area contributed by atoms with Gasteiger partial charge >= 0.3 is 0 Å². The number of hydrogen-bond donors (Lipinski definition) is 0. The van der Waals surface area contributed by atoms with Gasteiger partial charge in [-0.3, -0.25) is 0 Å². The van der Waals surface area contributed by atoms with Gasteiger partial charge in [-0.1, -0.05) is 17.7 Å². The Morgan fingerprint density at radius 1 is 1.24 bits per heavy atom. The van der Waals surface area contributed by atoms with E-state index in [-0.39, 0.29) is 0 Å². The van der Waals surface area contributed by atoms with Crippen LogP contribution in [0.2, 0.25) is 5.02 Å². The third-order valence-corrected chi connectivity index (χ3v) is 3.44. The van der Waals surface area contributed by atoms with Crippen LogP contribution >= 0.6 is 11.6 Å². The molecule has 1 heterocycles. The Labute approximate surface area is 106 Å². The molecule has 0 fully saturated rings. The maximum atomic E-state index is 9.04. The molecule has 0 spiro atoms. The molecule has 3 heteroatoms. The van der Waals surface area contributed by atoms with Crippen molar-refractivity contribution in [1.29, 1.82) is 5.26 Å². The van der Waals surface area contributed by atoms with Crippen molar-refractivity contribution in [3.63, 3.8) is 0 Å². The third-order valence-electron chi connectivity index (χ3n) is 3.03. The first kappa shape index (κ1) is 11.8. The Balaban J connectivity index is 2.74. The average molecular weight is 245 g/mol. The van der Waals surface area contributed by atoms with E-state index in [0.29, 0.717) is 5.56 Å². The van der Waals surface area contributed by atoms with E-state index in [1.54, 1.807) is 0 Å². The summed E-state index contributed by atoms with van der Waals surface area (Å²) in [5.41, 5.74) is 4.77. The highest BCUT2D eigenvalue weighted by atomic mass is 35.5. The van der Waals surface area contributed by atoms with Gasteiger partial charge in [0, 0.05) is 22.1 Å². The van der Waals surface area contributed by atoms with Crippen molar-refractivity contribution in [2.75, 3.05) is 0 Å². The molecule has 0 aliphatic carbocycles. The van der Waals surface area contributed by atoms with E-state index in [2.05, 4.69) is 10.6 Å². The quantitative estimate of drug-likeness (QED) is 0.747. The summed E-state index contributed by atoms with van der Waals surface area (Å²) >= 11 is 6.13. The standard InChI is InChI=1S/C14H13ClN2/c1-9-7-12(8-16)11(3)17(9)14-6-4-5-13(15)10(14)2/h4-7H,1-3H3. The van der Waals surface area contributed by atoms with Crippen molar-refractivity contribution < 1.29 is 0 Å². The lowest BCUT2D eigenvalue weighted by Crippen LogP contribution is -2.01. The van der Waals surface area contributed by atoms with Crippen molar-refractivity contribution in [3.8, 4) is 11.8 Å². The fourth-order valence-electron chi connectivity index (χ4n) is 2.09. The number of aromatic nitrogens is 1. The first-order valence-electron chi connectivity index (χ1n) is 5.40. The van der Waals surface area contributed by atoms with E-state index in [1.807, 2.05) is 45.0 Å². The Hall–Kier alpha value is -1.72. The van der Waals surface area contributed by atoms with Gasteiger partial charge in [-0.05, 0) is 44.5 Å². The molecule has 17 heavy (non-hydrogen) atoms. The largest absolute Gasteiger partial charge is 0.317 e. The number of nitriles is 1. The molecule has 0 saturated carbocycles. The van der Waals surface area contributed by atoms with Crippen LogP contribution < -0.4 is 0 Å². The monoisotopic (exact) mass is 244 g/mol. The molecular formula is C14H13ClN2. The van der Waals surface area contributed by atoms with Crippen molar-refractivity contribution in [2.45, 2.75) is 20.8 Å². The van der Waals surface area contributed by atoms with Crippen molar-refractivity contribution in [2.24, 2.45) is 0 Å². The van der Waals surface area contributed by atoms with Gasteiger partial charge in [0.25, 0.3) is 0 Å². The fourth-order valence-corrected chi connectivity index (χ4v) is 2.25. The van der Waals surface area contributed by atoms with Crippen LogP contribution in [-0.2, 0) is 0 Å². The van der Waals surface area contributed by atoms with Crippen LogP contribution in [0.1, 0.15) is 22.5 Å². The van der Waals surface area contributed by atoms with Gasteiger partial charge in [0.05, 0.1) is 5.56 Å². The van der Waals surface area contributed by atoms with Crippen molar-refractivity contribution in [3.05, 3.63) is 51.8 Å². The molecule has 0 amide bonds. The van der Waals surface area contributed by atoms with Crippen LogP contribution in [-0.4, -0.2) is 4.57 Å². The van der Waals surface area contributed by atoms with E-state index < -0.39 is 0 Å². The minimum Gasteiger partial charge on any atom is -0.317 e. The summed E-state index contributed by atoms with van der Waals surface area (Å²) in [5.74, 6) is 0. The SMILES string of the molecule is Cc1c(Cl)cccc1-n1c(C)cc(C#N)c1C. The van der Waals surface area contributed by atoms with Gasteiger partial charge in [0.15, 0.2) is 0 Å². The molecule has 2 aromatic rings. The van der Waals surface area contributed by atoms with Crippen LogP contribution in [0, 0.1) is 32.1 Å². The second-order valence-electron chi connectivity index (χ2n) is 4.12. The maximum Gasteiger partial charge on any atom is 0.101 e. The number of hydrogen-bond acceptors (Lipinski definition) is 1. The Morgan fingerprint density at radius 2 is 1.94 bits per heavy atom. The highest BCUT2D eigenvalue weighted by molar-refractivity contribution is 6.31. The number of halogens is 1. The summed E-state index contributed by atoms with van der Waals surface area (Å²) in [4.78, 5) is 0. The second-order valence-corrected chi connectivity index (χ2v) is 4.52. The average Bonchev–Trinajstić information content (AvgIpc) is 2.58. The van der Waals surface area contributed by atoms with Crippen LogP contribution in [0.3, 0.4) is 0 Å². The van der Waals surface area contributed by atoms with E-state index >= 15 is 0 Å². The lowest BCUT2D eigenvalue weighted by atomic mass is 10.2. The molecule has 0 atom stereocenters. The van der Waals surface area contributed by atoms with Crippen LogP contribution in [0.25, 0.3) is 5.69 Å². The molecule has 0 bridgehead atoms. The zero-order valence-electron chi connectivity index (χ0n) is 10.1. The molecule has 0 unspecified atom stereocenters. The van der Waals surface area contributed by atoms with Gasteiger partial charge in [0.2, 0.25) is 0 Å². The molecule has 0 aliphatic rings. The zero-order valence-corrected chi connectivity index (χ0v) is 10.8. The van der Waals surface area contributed by atoms with Gasteiger partial charge in [-0.15, -0.1) is 0 Å². The molecule has 86 valence electrons. The van der Waals surface area contributed by atoms with Crippen molar-refractivity contribution >= 4 is 11.6 Å². The third kappa shape index (κ3) is 1.83. The molecular weight excluding hydrogens is 232 g/mol. The van der Waals surface area contributed by atoms with Gasteiger partial charge in [-0.2, -0.15) is 5.26 Å². The molecule has 0 radical (unpaired) electrons. The molecule has 0 saturated heterocycles. The normalized spacial score (nSPS) is 10.3. The first-order chi connectivity index (χ1) is 8.06. The summed E-state index contributed by atoms with van der Waals surface area (Å²) in [6.45, 7) is 5.93. The number of rotatable bonds is 1. The molecule has 1 aromatic carbocycles. The number of nitrogens with zero attached hydrogens (tertiary/aromatic N) is 2. The smallest absolute Gasteiger partial charge is 0.101 e. The first-order valence-corrected chi connectivity index (χ1v) is 5.78. The van der Waals surface area contributed by atoms with E-state index in [0.717, 1.165) is 27.7 Å². The molecule has 1 aromatic heterocycles. The second kappa shape index (κ2) is 4.27. The lowest BCUT2D eigenvalue weighted by Gasteiger charge is -2.13. The maximum absolute atomic E-state index is 9.04. The Morgan fingerprint density at radius 3 is 2.53 bits per heavy atom. The van der Waals surface area contributed by atoms with E-state index in [4.69, 9.17) is 16.9 Å². The number of benzene rings is 1. The summed E-state index contributed by atoms with van der Waals surface area (Å²) in [7, 11) is 0. The predicted molar refractivity (Wildman–Crippen MR) is 69.7 cm³/mol. The van der Waals surface area contributed by atoms with Gasteiger partial charge < -0.3 is 4.57 Å². The van der Waals surface area contributed by atoms with Crippen molar-refractivity contribution in [1.82, 2.24) is 4.57 Å². The lowest BCUT2D eigenvalue weighted by molar-refractivity contribution is 0.953. The minimum atomic E-state index is 0.710. The van der Waals surface area contributed by atoms with Gasteiger partial charge in [-0.25, -0.2) is 0 Å². The summed E-state index contributed by atoms with van der Waals surface area (Å²) in [6.07, 6.45) is 0. The van der Waals surface area contributed by atoms with Crippen LogP contribution in [0.5, 0.6) is 0 Å². The van der Waals surface area contributed by atoms with Crippen LogP contribution in [0.15, 0.2) is 24.3 Å². The minimum absolute atomic E-state index is 0.710. The molecule has 2 nitrogen and oxygen atoms in total. The summed E-state index contributed by atoms with van der Waals surface area (Å²) in [5, 5.41) is 9.78. The highest BCUT2D eigenvalue weighted by Gasteiger charge is 2.12. The van der Waals surface area contributed by atoms with Crippen LogP contribution in [0.4, 0.5) is 0 Å². The Bertz CT molecular complexity index is 618. The topological polar surface area (TPSA) is 28.7 Å². The molecule has 0 N–H and O–H groups in total.